The molecule has 0 N–H and O–H groups in total. The first kappa shape index (κ1) is 14.4. The minimum absolute atomic E-state index is 0.117. The summed E-state index contributed by atoms with van der Waals surface area (Å²) in [4.78, 5) is 0. The van der Waals surface area contributed by atoms with Crippen LogP contribution in [0.4, 0.5) is 26.3 Å². The van der Waals surface area contributed by atoms with Crippen LogP contribution in [0.25, 0.3) is 11.1 Å². The van der Waals surface area contributed by atoms with E-state index in [0.717, 1.165) is 6.07 Å². The summed E-state index contributed by atoms with van der Waals surface area (Å²) in [5.74, 6) is -11.6. The Kier molecular flexibility index (Phi) is 3.74. The van der Waals surface area contributed by atoms with Crippen molar-refractivity contribution in [3.05, 3.63) is 58.7 Å². The molecule has 0 aliphatic carbocycles. The van der Waals surface area contributed by atoms with Crippen molar-refractivity contribution in [1.82, 2.24) is 0 Å². The van der Waals surface area contributed by atoms with Gasteiger partial charge in [0.1, 0.15) is 5.82 Å². The van der Waals surface area contributed by atoms with Crippen molar-refractivity contribution in [1.29, 1.82) is 0 Å². The van der Waals surface area contributed by atoms with Gasteiger partial charge in [-0.25, -0.2) is 26.3 Å². The monoisotopic (exact) mass is 290 g/mol. The summed E-state index contributed by atoms with van der Waals surface area (Å²) in [5.41, 5.74) is -1.79. The molecule has 0 bridgehead atoms. The van der Waals surface area contributed by atoms with Crippen molar-refractivity contribution in [2.24, 2.45) is 0 Å². The Morgan fingerprint density at radius 1 is 0.700 bits per heavy atom. The molecule has 6 heteroatoms. The Morgan fingerprint density at radius 3 is 1.70 bits per heavy atom. The molecule has 106 valence electrons. The third-order valence-electron chi connectivity index (χ3n) is 2.94. The standard InChI is InChI=1S/C14H8F6/c1-2-6-4-3-5-7(9(6)15)8-10(16)12(18)14(20)13(19)11(8)17/h3-5H,2H2,1H3. The van der Waals surface area contributed by atoms with Gasteiger partial charge in [0, 0.05) is 5.56 Å². The summed E-state index contributed by atoms with van der Waals surface area (Å²) in [6.45, 7) is 1.60. The van der Waals surface area contributed by atoms with E-state index in [2.05, 4.69) is 0 Å². The Labute approximate surface area is 110 Å². The van der Waals surface area contributed by atoms with Crippen LogP contribution in [0.5, 0.6) is 0 Å². The summed E-state index contributed by atoms with van der Waals surface area (Å²) in [7, 11) is 0. The molecule has 2 aromatic rings. The lowest BCUT2D eigenvalue weighted by Gasteiger charge is -2.11. The van der Waals surface area contributed by atoms with Gasteiger partial charge in [-0.1, -0.05) is 25.1 Å². The molecule has 0 amide bonds. The summed E-state index contributed by atoms with van der Waals surface area (Å²) < 4.78 is 80.4. The fourth-order valence-electron chi connectivity index (χ4n) is 1.89. The zero-order valence-electron chi connectivity index (χ0n) is 10.2. The van der Waals surface area contributed by atoms with Gasteiger partial charge in [0.15, 0.2) is 23.3 Å². The number of hydrogen-bond acceptors (Lipinski definition) is 0. The average molecular weight is 290 g/mol. The molecule has 0 nitrogen and oxygen atoms in total. The Hall–Kier alpha value is -1.98. The summed E-state index contributed by atoms with van der Waals surface area (Å²) in [6, 6.07) is 3.62. The molecule has 0 saturated heterocycles. The summed E-state index contributed by atoms with van der Waals surface area (Å²) >= 11 is 0. The van der Waals surface area contributed by atoms with E-state index < -0.39 is 46.0 Å². The number of aryl methyl sites for hydroxylation is 1. The first-order chi connectivity index (χ1) is 9.40. The van der Waals surface area contributed by atoms with E-state index in [1.165, 1.54) is 12.1 Å². The molecule has 0 unspecified atom stereocenters. The lowest BCUT2D eigenvalue weighted by Crippen LogP contribution is -2.05. The molecular formula is C14H8F6. The van der Waals surface area contributed by atoms with E-state index in [9.17, 15) is 26.3 Å². The second kappa shape index (κ2) is 5.19. The van der Waals surface area contributed by atoms with Gasteiger partial charge in [0.25, 0.3) is 0 Å². The van der Waals surface area contributed by atoms with Crippen LogP contribution in [-0.2, 0) is 6.42 Å². The molecule has 0 aromatic heterocycles. The highest BCUT2D eigenvalue weighted by Crippen LogP contribution is 2.33. The lowest BCUT2D eigenvalue weighted by atomic mass is 9.99. The van der Waals surface area contributed by atoms with Gasteiger partial charge in [-0.3, -0.25) is 0 Å². The molecule has 0 radical (unpaired) electrons. The molecule has 2 rings (SSSR count). The van der Waals surface area contributed by atoms with Crippen LogP contribution in [0.1, 0.15) is 12.5 Å². The highest BCUT2D eigenvalue weighted by Gasteiger charge is 2.28. The van der Waals surface area contributed by atoms with Gasteiger partial charge in [0.05, 0.1) is 5.56 Å². The van der Waals surface area contributed by atoms with E-state index >= 15 is 0 Å². The van der Waals surface area contributed by atoms with Crippen LogP contribution < -0.4 is 0 Å². The number of hydrogen-bond donors (Lipinski definition) is 0. The average Bonchev–Trinajstić information content (AvgIpc) is 2.45. The van der Waals surface area contributed by atoms with Gasteiger partial charge >= 0.3 is 0 Å². The van der Waals surface area contributed by atoms with Crippen LogP contribution in [0.3, 0.4) is 0 Å². The maximum atomic E-state index is 14.0. The normalized spacial score (nSPS) is 10.9. The third-order valence-corrected chi connectivity index (χ3v) is 2.94. The predicted octanol–water partition coefficient (Wildman–Crippen LogP) is 4.75. The minimum atomic E-state index is -2.27. The summed E-state index contributed by atoms with van der Waals surface area (Å²) in [5, 5.41) is 0. The zero-order valence-corrected chi connectivity index (χ0v) is 10.2. The molecule has 0 fully saturated rings. The van der Waals surface area contributed by atoms with Crippen LogP contribution in [0.2, 0.25) is 0 Å². The van der Waals surface area contributed by atoms with E-state index in [1.807, 2.05) is 0 Å². The second-order valence-corrected chi connectivity index (χ2v) is 4.08. The predicted molar refractivity (Wildman–Crippen MR) is 61.0 cm³/mol. The largest absolute Gasteiger partial charge is 0.206 e. The number of rotatable bonds is 2. The highest BCUT2D eigenvalue weighted by atomic mass is 19.2. The van der Waals surface area contributed by atoms with Gasteiger partial charge in [0.2, 0.25) is 5.82 Å². The van der Waals surface area contributed by atoms with Gasteiger partial charge in [-0.05, 0) is 12.0 Å². The maximum absolute atomic E-state index is 14.0. The molecule has 0 saturated carbocycles. The van der Waals surface area contributed by atoms with Crippen molar-refractivity contribution in [2.75, 3.05) is 0 Å². The molecule has 2 aromatic carbocycles. The first-order valence-electron chi connectivity index (χ1n) is 5.69. The fraction of sp³-hybridized carbons (Fsp3) is 0.143. The van der Waals surface area contributed by atoms with Crippen molar-refractivity contribution in [3.63, 3.8) is 0 Å². The van der Waals surface area contributed by atoms with Gasteiger partial charge in [-0.2, -0.15) is 0 Å². The number of halogens is 6. The third kappa shape index (κ3) is 2.05. The molecular weight excluding hydrogens is 282 g/mol. The van der Waals surface area contributed by atoms with Gasteiger partial charge in [-0.15, -0.1) is 0 Å². The fourth-order valence-corrected chi connectivity index (χ4v) is 1.89. The Morgan fingerprint density at radius 2 is 1.20 bits per heavy atom. The maximum Gasteiger partial charge on any atom is 0.200 e. The Bertz CT molecular complexity index is 649. The van der Waals surface area contributed by atoms with Crippen molar-refractivity contribution in [2.45, 2.75) is 13.3 Å². The summed E-state index contributed by atoms with van der Waals surface area (Å²) in [6.07, 6.45) is 0.217. The molecule has 0 aliphatic heterocycles. The zero-order chi connectivity index (χ0) is 15.0. The van der Waals surface area contributed by atoms with E-state index in [1.54, 1.807) is 6.92 Å². The van der Waals surface area contributed by atoms with Crippen LogP contribution >= 0.6 is 0 Å². The van der Waals surface area contributed by atoms with E-state index in [0.29, 0.717) is 0 Å². The Balaban J connectivity index is 2.84. The molecule has 0 atom stereocenters. The SMILES string of the molecule is CCc1cccc(-c2c(F)c(F)c(F)c(F)c2F)c1F. The smallest absolute Gasteiger partial charge is 0.200 e. The van der Waals surface area contributed by atoms with Crippen molar-refractivity contribution < 1.29 is 26.3 Å². The second-order valence-electron chi connectivity index (χ2n) is 4.08. The van der Waals surface area contributed by atoms with Gasteiger partial charge < -0.3 is 0 Å². The van der Waals surface area contributed by atoms with Crippen LogP contribution in [-0.4, -0.2) is 0 Å². The lowest BCUT2D eigenvalue weighted by molar-refractivity contribution is 0.381. The molecule has 0 heterocycles. The molecule has 0 spiro atoms. The van der Waals surface area contributed by atoms with E-state index in [-0.39, 0.29) is 12.0 Å². The van der Waals surface area contributed by atoms with E-state index in [4.69, 9.17) is 0 Å². The van der Waals surface area contributed by atoms with Crippen molar-refractivity contribution >= 4 is 0 Å². The van der Waals surface area contributed by atoms with Crippen LogP contribution in [0, 0.1) is 34.9 Å². The molecule has 0 aliphatic rings. The topological polar surface area (TPSA) is 0 Å². The highest BCUT2D eigenvalue weighted by molar-refractivity contribution is 5.67. The van der Waals surface area contributed by atoms with Crippen LogP contribution in [0.15, 0.2) is 18.2 Å². The molecule has 20 heavy (non-hydrogen) atoms. The first-order valence-corrected chi connectivity index (χ1v) is 5.69. The minimum Gasteiger partial charge on any atom is -0.206 e. The van der Waals surface area contributed by atoms with Crippen molar-refractivity contribution in [3.8, 4) is 11.1 Å². The quantitative estimate of drug-likeness (QED) is 0.425. The number of benzene rings is 2.